The van der Waals surface area contributed by atoms with Crippen LogP contribution in [0.25, 0.3) is 0 Å². The van der Waals surface area contributed by atoms with E-state index in [1.807, 2.05) is 12.3 Å². The Balaban J connectivity index is 0.000000301. The number of aromatic nitrogens is 3. The van der Waals surface area contributed by atoms with E-state index in [9.17, 15) is 26.3 Å². The van der Waals surface area contributed by atoms with Gasteiger partial charge >= 0.3 is 24.3 Å². The molecule has 0 aliphatic carbocycles. The van der Waals surface area contributed by atoms with Gasteiger partial charge in [0.05, 0.1) is 37.9 Å². The first-order valence-corrected chi connectivity index (χ1v) is 11.2. The highest BCUT2D eigenvalue weighted by Gasteiger charge is 2.40. The van der Waals surface area contributed by atoms with Crippen LogP contribution in [0.4, 0.5) is 26.3 Å². The lowest BCUT2D eigenvalue weighted by Crippen LogP contribution is -2.50. The summed E-state index contributed by atoms with van der Waals surface area (Å²) in [4.78, 5) is 22.8. The fourth-order valence-corrected chi connectivity index (χ4v) is 4.06. The Hall–Kier alpha value is -3.18. The van der Waals surface area contributed by atoms with Gasteiger partial charge in [0.1, 0.15) is 5.76 Å². The predicted octanol–water partition coefficient (Wildman–Crippen LogP) is 2.78. The molecule has 17 heteroatoms. The first kappa shape index (κ1) is 31.0. The molecular weight excluding hydrogens is 532 g/mol. The van der Waals surface area contributed by atoms with E-state index in [1.54, 1.807) is 6.26 Å². The molecule has 2 aromatic rings. The Morgan fingerprint density at radius 3 is 2.13 bits per heavy atom. The molecule has 3 N–H and O–H groups in total. The number of likely N-dealkylation sites (tertiary alicyclic amines) is 1. The molecule has 2 aliphatic heterocycles. The maximum absolute atomic E-state index is 10.6. The van der Waals surface area contributed by atoms with E-state index < -0.39 is 24.3 Å². The second-order valence-electron chi connectivity index (χ2n) is 8.72. The SMILES string of the molecule is O=C(O)C(F)(F)F.O=C(O)C(F)(F)F.c1coc(CN2CCCC3(COCCN(Cc4cn[nH]n4)C3)C2)c1. The van der Waals surface area contributed by atoms with Gasteiger partial charge in [0.2, 0.25) is 0 Å². The second kappa shape index (κ2) is 13.6. The predicted molar refractivity (Wildman–Crippen MR) is 116 cm³/mol. The number of piperidine rings is 1. The van der Waals surface area contributed by atoms with Crippen molar-refractivity contribution in [1.82, 2.24) is 25.2 Å². The van der Waals surface area contributed by atoms with Crippen molar-refractivity contribution in [1.29, 1.82) is 0 Å². The van der Waals surface area contributed by atoms with Crippen LogP contribution in [0.15, 0.2) is 29.0 Å². The zero-order chi connectivity index (χ0) is 28.4. The molecule has 2 aliphatic rings. The summed E-state index contributed by atoms with van der Waals surface area (Å²) in [6.07, 6.45) is -4.18. The van der Waals surface area contributed by atoms with Crippen molar-refractivity contribution in [3.8, 4) is 0 Å². The third kappa shape index (κ3) is 10.7. The van der Waals surface area contributed by atoms with Crippen molar-refractivity contribution < 1.29 is 55.3 Å². The molecule has 38 heavy (non-hydrogen) atoms. The Labute approximate surface area is 212 Å². The van der Waals surface area contributed by atoms with Crippen molar-refractivity contribution >= 4 is 11.9 Å². The van der Waals surface area contributed by atoms with Crippen molar-refractivity contribution in [2.45, 2.75) is 38.3 Å². The molecule has 4 rings (SSSR count). The van der Waals surface area contributed by atoms with Gasteiger partial charge in [-0.05, 0) is 31.5 Å². The molecule has 1 unspecified atom stereocenters. The summed E-state index contributed by atoms with van der Waals surface area (Å²) in [6, 6.07) is 4.02. The van der Waals surface area contributed by atoms with Crippen LogP contribution in [0, 0.1) is 5.41 Å². The minimum absolute atomic E-state index is 0.199. The van der Waals surface area contributed by atoms with E-state index in [0.29, 0.717) is 0 Å². The highest BCUT2D eigenvalue weighted by Crippen LogP contribution is 2.34. The summed E-state index contributed by atoms with van der Waals surface area (Å²) < 4.78 is 75.0. The fraction of sp³-hybridized carbons (Fsp3) is 0.619. The molecule has 2 fully saturated rings. The highest BCUT2D eigenvalue weighted by atomic mass is 19.4. The maximum Gasteiger partial charge on any atom is 0.490 e. The Morgan fingerprint density at radius 1 is 1.03 bits per heavy atom. The summed E-state index contributed by atoms with van der Waals surface area (Å²) in [5.74, 6) is -4.47. The molecule has 0 radical (unpaired) electrons. The molecule has 0 bridgehead atoms. The van der Waals surface area contributed by atoms with Gasteiger partial charge in [0.15, 0.2) is 0 Å². The van der Waals surface area contributed by atoms with Crippen molar-refractivity contribution in [3.63, 3.8) is 0 Å². The number of halogens is 6. The number of nitrogens with one attached hydrogen (secondary N) is 1. The van der Waals surface area contributed by atoms with Gasteiger partial charge in [-0.1, -0.05) is 0 Å². The van der Waals surface area contributed by atoms with Crippen LogP contribution < -0.4 is 0 Å². The minimum Gasteiger partial charge on any atom is -0.475 e. The van der Waals surface area contributed by atoms with Crippen molar-refractivity contribution in [2.75, 3.05) is 39.4 Å². The van der Waals surface area contributed by atoms with Crippen LogP contribution in [-0.4, -0.2) is 99.1 Å². The van der Waals surface area contributed by atoms with E-state index >= 15 is 0 Å². The van der Waals surface area contributed by atoms with E-state index in [-0.39, 0.29) is 5.41 Å². The number of carboxylic acids is 2. The number of aliphatic carboxylic acids is 2. The molecule has 0 saturated carbocycles. The van der Waals surface area contributed by atoms with Gasteiger partial charge in [-0.15, -0.1) is 0 Å². The normalized spacial score (nSPS) is 21.0. The van der Waals surface area contributed by atoms with Crippen LogP contribution in [0.5, 0.6) is 0 Å². The monoisotopic (exact) mass is 559 g/mol. The topological polar surface area (TPSA) is 145 Å². The number of alkyl halides is 6. The smallest absolute Gasteiger partial charge is 0.475 e. The number of hydrogen-bond acceptors (Lipinski definition) is 8. The number of carboxylic acid groups (broad SMARTS) is 2. The van der Waals surface area contributed by atoms with E-state index in [0.717, 1.165) is 63.9 Å². The molecule has 1 atom stereocenters. The number of furan rings is 1. The van der Waals surface area contributed by atoms with E-state index in [4.69, 9.17) is 29.0 Å². The van der Waals surface area contributed by atoms with Gasteiger partial charge in [-0.25, -0.2) is 9.59 Å². The summed E-state index contributed by atoms with van der Waals surface area (Å²) in [6.45, 7) is 7.54. The maximum atomic E-state index is 10.6. The van der Waals surface area contributed by atoms with Crippen LogP contribution in [0.1, 0.15) is 24.3 Å². The van der Waals surface area contributed by atoms with Gasteiger partial charge in [-0.2, -0.15) is 41.8 Å². The third-order valence-electron chi connectivity index (χ3n) is 5.55. The molecule has 0 aromatic carbocycles. The largest absolute Gasteiger partial charge is 0.490 e. The summed E-state index contributed by atoms with van der Waals surface area (Å²) in [7, 11) is 0. The Morgan fingerprint density at radius 2 is 1.63 bits per heavy atom. The molecule has 0 amide bonds. The lowest BCUT2D eigenvalue weighted by Gasteiger charge is -2.43. The molecule has 1 spiro atoms. The molecule has 214 valence electrons. The number of rotatable bonds is 4. The minimum atomic E-state index is -5.08. The third-order valence-corrected chi connectivity index (χ3v) is 5.55. The summed E-state index contributed by atoms with van der Waals surface area (Å²) in [5.41, 5.74) is 1.20. The average molecular weight is 559 g/mol. The quantitative estimate of drug-likeness (QED) is 0.478. The fourth-order valence-electron chi connectivity index (χ4n) is 4.06. The van der Waals surface area contributed by atoms with Crippen LogP contribution >= 0.6 is 0 Å². The molecule has 4 heterocycles. The first-order valence-electron chi connectivity index (χ1n) is 11.2. The number of aromatic amines is 1. The number of carbonyl (C=O) groups is 2. The lowest BCUT2D eigenvalue weighted by molar-refractivity contribution is -0.193. The number of ether oxygens (including phenoxy) is 1. The zero-order valence-corrected chi connectivity index (χ0v) is 20.0. The highest BCUT2D eigenvalue weighted by molar-refractivity contribution is 5.73. The Bertz CT molecular complexity index is 962. The standard InChI is InChI=1S/C17H25N5O2.2C2HF3O2/c1-3-16(24-7-1)11-21-5-2-4-17(12-21)13-22(6-8-23-14-17)10-15-9-18-20-19-15;2*3-2(4,5)1(6)7/h1,3,7,9H,2,4-6,8,10-14H2,(H,18,19,20);2*(H,6,7). The molecule has 2 aromatic heterocycles. The lowest BCUT2D eigenvalue weighted by atomic mass is 9.80. The van der Waals surface area contributed by atoms with Gasteiger partial charge in [0.25, 0.3) is 0 Å². The van der Waals surface area contributed by atoms with Gasteiger partial charge < -0.3 is 19.4 Å². The zero-order valence-electron chi connectivity index (χ0n) is 20.0. The second-order valence-corrected chi connectivity index (χ2v) is 8.72. The van der Waals surface area contributed by atoms with Crippen molar-refractivity contribution in [2.24, 2.45) is 5.41 Å². The Kier molecular flexibility index (Phi) is 11.1. The van der Waals surface area contributed by atoms with Crippen LogP contribution in [-0.2, 0) is 27.4 Å². The van der Waals surface area contributed by atoms with Crippen LogP contribution in [0.2, 0.25) is 0 Å². The molecule has 11 nitrogen and oxygen atoms in total. The van der Waals surface area contributed by atoms with Gasteiger partial charge in [-0.3, -0.25) is 9.80 Å². The number of nitrogens with zero attached hydrogens (tertiary/aromatic N) is 4. The van der Waals surface area contributed by atoms with Crippen LogP contribution in [0.3, 0.4) is 0 Å². The summed E-state index contributed by atoms with van der Waals surface area (Å²) >= 11 is 0. The molecule has 2 saturated heterocycles. The van der Waals surface area contributed by atoms with E-state index in [1.165, 1.54) is 12.8 Å². The first-order chi connectivity index (χ1) is 17.7. The molecular formula is C21H27F6N5O6. The van der Waals surface area contributed by atoms with Gasteiger partial charge in [0, 0.05) is 31.6 Å². The van der Waals surface area contributed by atoms with Crippen molar-refractivity contribution in [3.05, 3.63) is 36.0 Å². The number of H-pyrrole nitrogens is 1. The average Bonchev–Trinajstić information content (AvgIpc) is 3.47. The van der Waals surface area contributed by atoms with E-state index in [2.05, 4.69) is 31.3 Å². The number of hydrogen-bond donors (Lipinski definition) is 3. The summed E-state index contributed by atoms with van der Waals surface area (Å²) in [5, 5.41) is 25.1.